The van der Waals surface area contributed by atoms with Gasteiger partial charge in [0.05, 0.1) is 7.11 Å². The number of nitrogens with zero attached hydrogens (tertiary/aromatic N) is 1. The van der Waals surface area contributed by atoms with E-state index in [1.54, 1.807) is 30.3 Å². The molecular weight excluding hydrogens is 492 g/mol. The van der Waals surface area contributed by atoms with E-state index in [0.29, 0.717) is 12.2 Å². The van der Waals surface area contributed by atoms with E-state index in [1.807, 2.05) is 0 Å². The Bertz CT molecular complexity index is 964. The van der Waals surface area contributed by atoms with Crippen LogP contribution in [0.2, 0.25) is 0 Å². The number of nitrogens with one attached hydrogen (secondary N) is 3. The minimum atomic E-state index is -1.10. The molecular formula is C23H33ClN6O6. The zero-order valence-corrected chi connectivity index (χ0v) is 21.0. The SMILES string of the molecule is COC(=O)[C@@H]1/C=C/COc2ccc(cc2)C[C@H](NC(C)=O)C(=O)N[C@@H](CCCN=C(N)N)C(=O)N1.Cl. The number of esters is 1. The van der Waals surface area contributed by atoms with Crippen LogP contribution in [-0.2, 0) is 30.3 Å². The van der Waals surface area contributed by atoms with Crippen LogP contribution >= 0.6 is 12.4 Å². The van der Waals surface area contributed by atoms with E-state index in [4.69, 9.17) is 20.9 Å². The number of rotatable bonds is 6. The van der Waals surface area contributed by atoms with Gasteiger partial charge >= 0.3 is 5.97 Å². The van der Waals surface area contributed by atoms with Crippen LogP contribution < -0.4 is 32.2 Å². The summed E-state index contributed by atoms with van der Waals surface area (Å²) in [7, 11) is 1.20. The Hall–Kier alpha value is -3.80. The van der Waals surface area contributed by atoms with E-state index in [9.17, 15) is 19.2 Å². The Morgan fingerprint density at radius 3 is 2.47 bits per heavy atom. The van der Waals surface area contributed by atoms with Gasteiger partial charge in [-0.3, -0.25) is 19.4 Å². The topological polar surface area (TPSA) is 187 Å². The first-order valence-electron chi connectivity index (χ1n) is 11.1. The largest absolute Gasteiger partial charge is 0.490 e. The van der Waals surface area contributed by atoms with Crippen molar-refractivity contribution in [3.05, 3.63) is 42.0 Å². The molecule has 2 aliphatic rings. The first-order chi connectivity index (χ1) is 16.7. The monoisotopic (exact) mass is 524 g/mol. The lowest BCUT2D eigenvalue weighted by molar-refractivity contribution is -0.144. The molecule has 0 aromatic heterocycles. The van der Waals surface area contributed by atoms with E-state index < -0.39 is 41.8 Å². The van der Waals surface area contributed by atoms with Gasteiger partial charge in [-0.2, -0.15) is 0 Å². The molecule has 2 aliphatic heterocycles. The number of ether oxygens (including phenoxy) is 2. The molecule has 3 amide bonds. The van der Waals surface area contributed by atoms with Crippen molar-refractivity contribution in [3.8, 4) is 5.75 Å². The molecule has 1 aromatic carbocycles. The fourth-order valence-corrected chi connectivity index (χ4v) is 3.36. The third-order valence-electron chi connectivity index (χ3n) is 5.06. The van der Waals surface area contributed by atoms with Crippen LogP contribution in [0.3, 0.4) is 0 Å². The summed E-state index contributed by atoms with van der Waals surface area (Å²) in [6.45, 7) is 1.69. The molecule has 2 heterocycles. The Kier molecular flexibility index (Phi) is 12.8. The van der Waals surface area contributed by atoms with Gasteiger partial charge in [-0.05, 0) is 36.6 Å². The summed E-state index contributed by atoms with van der Waals surface area (Å²) in [5, 5.41) is 7.88. The molecule has 0 aliphatic carbocycles. The molecule has 3 rings (SSSR count). The average Bonchev–Trinajstić information content (AvgIpc) is 2.81. The summed E-state index contributed by atoms with van der Waals surface area (Å²) in [5.74, 6) is -1.77. The van der Waals surface area contributed by atoms with Crippen LogP contribution in [0.25, 0.3) is 0 Å². The predicted molar refractivity (Wildman–Crippen MR) is 135 cm³/mol. The lowest BCUT2D eigenvalue weighted by Crippen LogP contribution is -2.56. The Morgan fingerprint density at radius 2 is 1.86 bits per heavy atom. The fourth-order valence-electron chi connectivity index (χ4n) is 3.36. The van der Waals surface area contributed by atoms with Gasteiger partial charge in [0.15, 0.2) is 5.96 Å². The number of hydrogen-bond acceptors (Lipinski definition) is 7. The highest BCUT2D eigenvalue weighted by atomic mass is 35.5. The van der Waals surface area contributed by atoms with E-state index in [1.165, 1.54) is 20.1 Å². The molecule has 0 fully saturated rings. The minimum absolute atomic E-state index is 0. The van der Waals surface area contributed by atoms with Gasteiger partial charge in [0.1, 0.15) is 30.5 Å². The molecule has 3 atom stereocenters. The summed E-state index contributed by atoms with van der Waals surface area (Å²) in [4.78, 5) is 54.0. The highest BCUT2D eigenvalue weighted by Gasteiger charge is 2.29. The summed E-state index contributed by atoms with van der Waals surface area (Å²) in [6.07, 6.45) is 3.77. The van der Waals surface area contributed by atoms with Crippen LogP contribution in [0.4, 0.5) is 0 Å². The number of aliphatic imine (C=N–C) groups is 1. The number of amides is 3. The van der Waals surface area contributed by atoms with Crippen LogP contribution in [0.15, 0.2) is 41.4 Å². The molecule has 1 aromatic rings. The predicted octanol–water partition coefficient (Wildman–Crippen LogP) is -0.700. The quantitative estimate of drug-likeness (QED) is 0.106. The third-order valence-corrected chi connectivity index (χ3v) is 5.06. The van der Waals surface area contributed by atoms with Gasteiger partial charge in [-0.25, -0.2) is 4.79 Å². The van der Waals surface area contributed by atoms with Crippen molar-refractivity contribution >= 4 is 42.1 Å². The first-order valence-corrected chi connectivity index (χ1v) is 11.1. The molecule has 0 radical (unpaired) electrons. The van der Waals surface area contributed by atoms with Crippen molar-refractivity contribution in [3.63, 3.8) is 0 Å². The number of nitrogens with two attached hydrogens (primary N) is 2. The van der Waals surface area contributed by atoms with Crippen molar-refractivity contribution in [1.29, 1.82) is 0 Å². The number of guanidine groups is 1. The molecule has 2 bridgehead atoms. The maximum absolute atomic E-state index is 13.1. The number of fused-ring (bicyclic) bond motifs is 12. The highest BCUT2D eigenvalue weighted by Crippen LogP contribution is 2.14. The standard InChI is InChI=1S/C23H32N6O6.ClH/c1-14(30)27-19-13-15-7-9-16(10-8-15)35-12-4-6-18(22(33)34-2)29-20(31)17(28-21(19)32)5-3-11-26-23(24)25;/h4,6-10,17-19H,3,5,11-13H2,1-2H3,(H,27,30)(H,28,32)(H,29,31)(H4,24,25,26);1H/b6-4+;/t17-,18-,19-;/m0./s1. The summed E-state index contributed by atoms with van der Waals surface area (Å²) in [5.41, 5.74) is 11.5. The highest BCUT2D eigenvalue weighted by molar-refractivity contribution is 5.93. The van der Waals surface area contributed by atoms with Gasteiger partial charge in [-0.15, -0.1) is 12.4 Å². The van der Waals surface area contributed by atoms with Crippen LogP contribution in [-0.4, -0.2) is 68.0 Å². The van der Waals surface area contributed by atoms with Gasteiger partial charge in [0, 0.05) is 19.9 Å². The number of hydrogen-bond donors (Lipinski definition) is 5. The molecule has 0 saturated carbocycles. The van der Waals surface area contributed by atoms with Crippen LogP contribution in [0.5, 0.6) is 5.75 Å². The van der Waals surface area contributed by atoms with Crippen molar-refractivity contribution < 1.29 is 28.7 Å². The maximum atomic E-state index is 13.1. The van der Waals surface area contributed by atoms with Gasteiger partial charge in [-0.1, -0.05) is 18.2 Å². The molecule has 12 nitrogen and oxygen atoms in total. The molecule has 198 valence electrons. The molecule has 0 saturated heterocycles. The van der Waals surface area contributed by atoms with Gasteiger partial charge in [0.2, 0.25) is 17.7 Å². The number of benzene rings is 1. The maximum Gasteiger partial charge on any atom is 0.332 e. The Balaban J connectivity index is 0.00000648. The van der Waals surface area contributed by atoms with Crippen LogP contribution in [0, 0.1) is 0 Å². The summed E-state index contributed by atoms with van der Waals surface area (Å²) >= 11 is 0. The number of methoxy groups -OCH3 is 1. The van der Waals surface area contributed by atoms with Crippen molar-refractivity contribution in [1.82, 2.24) is 16.0 Å². The minimum Gasteiger partial charge on any atom is -0.490 e. The van der Waals surface area contributed by atoms with Crippen molar-refractivity contribution in [2.24, 2.45) is 16.5 Å². The smallest absolute Gasteiger partial charge is 0.332 e. The second-order valence-corrected chi connectivity index (χ2v) is 7.86. The molecule has 7 N–H and O–H groups in total. The van der Waals surface area contributed by atoms with Gasteiger partial charge in [0.25, 0.3) is 0 Å². The molecule has 36 heavy (non-hydrogen) atoms. The van der Waals surface area contributed by atoms with E-state index in [0.717, 1.165) is 5.56 Å². The molecule has 0 unspecified atom stereocenters. The van der Waals surface area contributed by atoms with E-state index >= 15 is 0 Å². The first kappa shape index (κ1) is 30.2. The fraction of sp³-hybridized carbons (Fsp3) is 0.435. The Morgan fingerprint density at radius 1 is 1.17 bits per heavy atom. The zero-order valence-electron chi connectivity index (χ0n) is 20.2. The summed E-state index contributed by atoms with van der Waals surface area (Å²) in [6, 6.07) is 3.98. The lowest BCUT2D eigenvalue weighted by Gasteiger charge is -2.24. The van der Waals surface area contributed by atoms with Crippen LogP contribution in [0.1, 0.15) is 25.3 Å². The summed E-state index contributed by atoms with van der Waals surface area (Å²) < 4.78 is 10.4. The molecule has 0 spiro atoms. The second kappa shape index (κ2) is 15.2. The third kappa shape index (κ3) is 10.2. The van der Waals surface area contributed by atoms with E-state index in [2.05, 4.69) is 20.9 Å². The number of carbonyl (C=O) groups is 4. The van der Waals surface area contributed by atoms with E-state index in [-0.39, 0.29) is 44.4 Å². The second-order valence-electron chi connectivity index (χ2n) is 7.86. The zero-order chi connectivity index (χ0) is 25.8. The normalized spacial score (nSPS) is 21.0. The van der Waals surface area contributed by atoms with Crippen molar-refractivity contribution in [2.75, 3.05) is 20.3 Å². The van der Waals surface area contributed by atoms with Crippen molar-refractivity contribution in [2.45, 2.75) is 44.3 Å². The lowest BCUT2D eigenvalue weighted by atomic mass is 10.0. The average molecular weight is 525 g/mol. The van der Waals surface area contributed by atoms with Gasteiger partial charge < -0.3 is 36.9 Å². The molecule has 13 heteroatoms. The number of carbonyl (C=O) groups excluding carboxylic acids is 4. The number of halogens is 1. The Labute approximate surface area is 215 Å².